The fraction of sp³-hybridized carbons (Fsp3) is 0.429. The molecule has 3 heterocycles. The van der Waals surface area contributed by atoms with Gasteiger partial charge in [0, 0.05) is 43.2 Å². The van der Waals surface area contributed by atoms with E-state index in [0.717, 1.165) is 36.1 Å². The molecule has 0 saturated carbocycles. The second kappa shape index (κ2) is 8.90. The molecule has 2 amide bonds. The van der Waals surface area contributed by atoms with Crippen molar-refractivity contribution in [2.75, 3.05) is 43.3 Å². The maximum Gasteiger partial charge on any atom is 0.252 e. The van der Waals surface area contributed by atoms with E-state index >= 15 is 0 Å². The van der Waals surface area contributed by atoms with Crippen molar-refractivity contribution in [2.24, 2.45) is 0 Å². The number of nitriles is 1. The first-order valence-electron chi connectivity index (χ1n) is 9.82. The number of carbonyl (C=O) groups is 2. The Hall–Kier alpha value is -2.83. The molecule has 0 spiro atoms. The number of nitrogens with one attached hydrogen (secondary N) is 1. The topological polar surface area (TPSA) is 98.6 Å². The second-order valence-corrected chi connectivity index (χ2v) is 8.34. The van der Waals surface area contributed by atoms with E-state index in [4.69, 9.17) is 10.00 Å². The number of benzene rings is 1. The molecular formula is C21H23N5O3S. The molecule has 0 radical (unpaired) electrons. The predicted molar refractivity (Wildman–Crippen MR) is 115 cm³/mol. The van der Waals surface area contributed by atoms with Gasteiger partial charge >= 0.3 is 0 Å². The Morgan fingerprint density at radius 3 is 3.03 bits per heavy atom. The van der Waals surface area contributed by atoms with Crippen molar-refractivity contribution >= 4 is 40.2 Å². The zero-order valence-electron chi connectivity index (χ0n) is 16.7. The van der Waals surface area contributed by atoms with E-state index in [9.17, 15) is 9.59 Å². The molecule has 0 aliphatic carbocycles. The minimum Gasteiger partial charge on any atom is -0.380 e. The molecule has 2 aromatic rings. The van der Waals surface area contributed by atoms with Gasteiger partial charge in [0.05, 0.1) is 35.7 Å². The van der Waals surface area contributed by atoms with Gasteiger partial charge < -0.3 is 19.9 Å². The highest BCUT2D eigenvalue weighted by atomic mass is 32.2. The van der Waals surface area contributed by atoms with Crippen molar-refractivity contribution in [1.82, 2.24) is 15.2 Å². The molecule has 1 aromatic heterocycles. The minimum atomic E-state index is -0.430. The molecule has 0 bridgehead atoms. The zero-order valence-corrected chi connectivity index (χ0v) is 17.5. The minimum absolute atomic E-state index is 0.136. The van der Waals surface area contributed by atoms with Crippen LogP contribution in [0.15, 0.2) is 30.5 Å². The number of carbonyl (C=O) groups excluding carboxylic acids is 2. The van der Waals surface area contributed by atoms with Crippen molar-refractivity contribution in [3.8, 4) is 6.07 Å². The maximum absolute atomic E-state index is 12.8. The number of thioether (sulfide) groups is 1. The number of rotatable bonds is 5. The van der Waals surface area contributed by atoms with Crippen LogP contribution in [0.4, 0.5) is 5.69 Å². The smallest absolute Gasteiger partial charge is 0.252 e. The standard InChI is InChI=1S/C21H23N5O3S/c1-29-16-5-7-25(11-16)14-2-3-19-18(8-14)17(4-6-23-19)21(28)24-10-20(27)26-13-30-12-15(26)9-22/h2-4,6,8,15-16H,5,7,10-13H2,1H3,(H,24,28). The summed E-state index contributed by atoms with van der Waals surface area (Å²) in [5, 5.41) is 12.6. The Morgan fingerprint density at radius 2 is 2.27 bits per heavy atom. The molecule has 2 aliphatic heterocycles. The predicted octanol–water partition coefficient (Wildman–Crippen LogP) is 1.61. The lowest BCUT2D eigenvalue weighted by Crippen LogP contribution is -2.42. The summed E-state index contributed by atoms with van der Waals surface area (Å²) in [5.74, 6) is 0.507. The lowest BCUT2D eigenvalue weighted by Gasteiger charge is -2.20. The van der Waals surface area contributed by atoms with Crippen LogP contribution in [0.2, 0.25) is 0 Å². The number of nitrogens with zero attached hydrogens (tertiary/aromatic N) is 4. The fourth-order valence-electron chi connectivity index (χ4n) is 3.83. The van der Waals surface area contributed by atoms with Crippen molar-refractivity contribution in [1.29, 1.82) is 5.26 Å². The average molecular weight is 426 g/mol. The van der Waals surface area contributed by atoms with Crippen LogP contribution in [0.1, 0.15) is 16.8 Å². The normalized spacial score (nSPS) is 21.1. The van der Waals surface area contributed by atoms with E-state index in [1.807, 2.05) is 18.2 Å². The number of anilines is 1. The molecule has 9 heteroatoms. The van der Waals surface area contributed by atoms with Crippen LogP contribution in [0, 0.1) is 11.3 Å². The molecule has 2 saturated heterocycles. The van der Waals surface area contributed by atoms with Crippen LogP contribution in [0.5, 0.6) is 0 Å². The first-order chi connectivity index (χ1) is 14.6. The summed E-state index contributed by atoms with van der Waals surface area (Å²) in [6.45, 7) is 1.57. The van der Waals surface area contributed by atoms with Crippen molar-refractivity contribution in [2.45, 2.75) is 18.6 Å². The van der Waals surface area contributed by atoms with E-state index in [0.29, 0.717) is 17.2 Å². The van der Waals surface area contributed by atoms with Crippen LogP contribution in [-0.4, -0.2) is 72.2 Å². The summed E-state index contributed by atoms with van der Waals surface area (Å²) >= 11 is 1.54. The molecule has 30 heavy (non-hydrogen) atoms. The largest absolute Gasteiger partial charge is 0.380 e. The number of hydrogen-bond acceptors (Lipinski definition) is 7. The van der Waals surface area contributed by atoms with Crippen molar-refractivity contribution < 1.29 is 14.3 Å². The Labute approximate surface area is 179 Å². The number of methoxy groups -OCH3 is 1. The summed E-state index contributed by atoms with van der Waals surface area (Å²) in [7, 11) is 1.72. The van der Waals surface area contributed by atoms with Crippen LogP contribution < -0.4 is 10.2 Å². The zero-order chi connectivity index (χ0) is 21.1. The Balaban J connectivity index is 1.50. The number of hydrogen-bond donors (Lipinski definition) is 1. The van der Waals surface area contributed by atoms with Gasteiger partial charge in [0.2, 0.25) is 5.91 Å². The highest BCUT2D eigenvalue weighted by Gasteiger charge is 2.29. The van der Waals surface area contributed by atoms with E-state index in [-0.39, 0.29) is 24.5 Å². The summed E-state index contributed by atoms with van der Waals surface area (Å²) in [5.41, 5.74) is 2.22. The van der Waals surface area contributed by atoms with Crippen molar-refractivity contribution in [3.63, 3.8) is 0 Å². The third kappa shape index (κ3) is 4.06. The molecule has 8 nitrogen and oxygen atoms in total. The molecule has 4 rings (SSSR count). The first-order valence-corrected chi connectivity index (χ1v) is 11.0. The summed E-state index contributed by atoms with van der Waals surface area (Å²) in [6, 6.07) is 9.25. The summed E-state index contributed by atoms with van der Waals surface area (Å²) < 4.78 is 5.45. The van der Waals surface area contributed by atoms with Gasteiger partial charge in [-0.05, 0) is 30.7 Å². The molecule has 156 valence electrons. The van der Waals surface area contributed by atoms with E-state index in [2.05, 4.69) is 21.3 Å². The molecule has 1 N–H and O–H groups in total. The Morgan fingerprint density at radius 1 is 1.40 bits per heavy atom. The molecular weight excluding hydrogens is 402 g/mol. The highest BCUT2D eigenvalue weighted by molar-refractivity contribution is 7.99. The van der Waals surface area contributed by atoms with E-state index in [1.54, 1.807) is 19.4 Å². The van der Waals surface area contributed by atoms with Crippen LogP contribution in [0.3, 0.4) is 0 Å². The second-order valence-electron chi connectivity index (χ2n) is 7.34. The number of fused-ring (bicyclic) bond motifs is 1. The van der Waals surface area contributed by atoms with E-state index in [1.165, 1.54) is 16.7 Å². The molecule has 2 unspecified atom stereocenters. The van der Waals surface area contributed by atoms with Gasteiger partial charge in [0.15, 0.2) is 0 Å². The number of amides is 2. The quantitative estimate of drug-likeness (QED) is 0.777. The summed E-state index contributed by atoms with van der Waals surface area (Å²) in [6.07, 6.45) is 2.78. The molecule has 2 aliphatic rings. The third-order valence-corrected chi connectivity index (χ3v) is 6.58. The SMILES string of the molecule is COC1CCN(c2ccc3nccc(C(=O)NCC(=O)N4CSCC4C#N)c3c2)C1. The summed E-state index contributed by atoms with van der Waals surface area (Å²) in [4.78, 5) is 33.4. The van der Waals surface area contributed by atoms with Gasteiger partial charge in [-0.3, -0.25) is 14.6 Å². The number of ether oxygens (including phenoxy) is 1. The Bertz CT molecular complexity index is 1010. The monoisotopic (exact) mass is 425 g/mol. The van der Waals surface area contributed by atoms with Crippen LogP contribution in [-0.2, 0) is 9.53 Å². The molecule has 2 atom stereocenters. The molecule has 2 fully saturated rings. The van der Waals surface area contributed by atoms with Crippen LogP contribution >= 0.6 is 11.8 Å². The maximum atomic E-state index is 12.8. The Kier molecular flexibility index (Phi) is 6.06. The van der Waals surface area contributed by atoms with Gasteiger partial charge in [0.25, 0.3) is 5.91 Å². The van der Waals surface area contributed by atoms with Gasteiger partial charge in [-0.15, -0.1) is 11.8 Å². The van der Waals surface area contributed by atoms with Gasteiger partial charge in [-0.25, -0.2) is 0 Å². The molecule has 1 aromatic carbocycles. The fourth-order valence-corrected chi connectivity index (χ4v) is 4.94. The third-order valence-electron chi connectivity index (χ3n) is 5.57. The lowest BCUT2D eigenvalue weighted by atomic mass is 10.1. The number of aromatic nitrogens is 1. The van der Waals surface area contributed by atoms with Crippen molar-refractivity contribution in [3.05, 3.63) is 36.0 Å². The number of pyridine rings is 1. The van der Waals surface area contributed by atoms with Crippen LogP contribution in [0.25, 0.3) is 10.9 Å². The average Bonchev–Trinajstić information content (AvgIpc) is 3.45. The first kappa shape index (κ1) is 20.4. The van der Waals surface area contributed by atoms with Gasteiger partial charge in [-0.1, -0.05) is 0 Å². The van der Waals surface area contributed by atoms with E-state index < -0.39 is 6.04 Å². The highest BCUT2D eigenvalue weighted by Crippen LogP contribution is 2.27. The van der Waals surface area contributed by atoms with Gasteiger partial charge in [0.1, 0.15) is 6.04 Å². The lowest BCUT2D eigenvalue weighted by molar-refractivity contribution is -0.129. The van der Waals surface area contributed by atoms with Gasteiger partial charge in [-0.2, -0.15) is 5.26 Å².